The molecule has 2 heterocycles. The Morgan fingerprint density at radius 3 is 2.60 bits per heavy atom. The van der Waals surface area contributed by atoms with E-state index in [1.54, 1.807) is 43.0 Å². The Labute approximate surface area is 178 Å². The van der Waals surface area contributed by atoms with Crippen LogP contribution in [0.25, 0.3) is 0 Å². The number of benzene rings is 2. The molecule has 6 nitrogen and oxygen atoms in total. The monoisotopic (exact) mass is 430 g/mol. The summed E-state index contributed by atoms with van der Waals surface area (Å²) in [5, 5.41) is -0.197. The number of halogens is 1. The molecule has 30 heavy (non-hydrogen) atoms. The molecule has 2 aromatic rings. The number of rotatable bonds is 5. The summed E-state index contributed by atoms with van der Waals surface area (Å²) in [5.41, 5.74) is 1.49. The molecule has 2 saturated heterocycles. The van der Waals surface area contributed by atoms with Gasteiger partial charge in [-0.2, -0.15) is 0 Å². The van der Waals surface area contributed by atoms with E-state index in [-0.39, 0.29) is 29.4 Å². The van der Waals surface area contributed by atoms with Crippen LogP contribution in [0.1, 0.15) is 17.4 Å². The number of nitrogens with zero attached hydrogens (tertiary/aromatic N) is 2. The number of hydrogen-bond donors (Lipinski definition) is 0. The largest absolute Gasteiger partial charge is 0.497 e. The van der Waals surface area contributed by atoms with Gasteiger partial charge in [-0.15, -0.1) is 11.8 Å². The highest BCUT2D eigenvalue weighted by Gasteiger charge is 2.41. The molecule has 0 spiro atoms. The molecule has 2 unspecified atom stereocenters. The van der Waals surface area contributed by atoms with Crippen molar-refractivity contribution in [2.75, 3.05) is 38.0 Å². The molecule has 0 bridgehead atoms. The van der Waals surface area contributed by atoms with Crippen molar-refractivity contribution < 1.29 is 23.5 Å². The number of hydrogen-bond acceptors (Lipinski definition) is 5. The SMILES string of the molecule is COc1ccc(OC)c(C2SCCN2C(=O)C2CC(=O)N(c3ccc(F)cc3)C2)c1. The number of ether oxygens (including phenoxy) is 2. The second-order valence-electron chi connectivity index (χ2n) is 7.24. The molecule has 2 aliphatic rings. The maximum atomic E-state index is 13.4. The van der Waals surface area contributed by atoms with Crippen molar-refractivity contribution >= 4 is 29.3 Å². The predicted octanol–water partition coefficient (Wildman–Crippen LogP) is 3.47. The predicted molar refractivity (Wildman–Crippen MR) is 113 cm³/mol. The van der Waals surface area contributed by atoms with Crippen LogP contribution in [0.4, 0.5) is 10.1 Å². The van der Waals surface area contributed by atoms with Crippen LogP contribution >= 0.6 is 11.8 Å². The van der Waals surface area contributed by atoms with Crippen LogP contribution in [-0.4, -0.2) is 49.8 Å². The van der Waals surface area contributed by atoms with Gasteiger partial charge in [-0.1, -0.05) is 0 Å². The second kappa shape index (κ2) is 8.55. The van der Waals surface area contributed by atoms with Gasteiger partial charge in [-0.25, -0.2) is 4.39 Å². The van der Waals surface area contributed by atoms with E-state index in [2.05, 4.69) is 0 Å². The lowest BCUT2D eigenvalue weighted by molar-refractivity contribution is -0.136. The molecular weight excluding hydrogens is 407 g/mol. The van der Waals surface area contributed by atoms with Crippen molar-refractivity contribution in [3.8, 4) is 11.5 Å². The average Bonchev–Trinajstić information content (AvgIpc) is 3.40. The third-order valence-corrected chi connectivity index (χ3v) is 6.73. The molecule has 0 saturated carbocycles. The van der Waals surface area contributed by atoms with Gasteiger partial charge < -0.3 is 19.3 Å². The molecule has 2 aromatic carbocycles. The Hall–Kier alpha value is -2.74. The van der Waals surface area contributed by atoms with Crippen LogP contribution in [0, 0.1) is 11.7 Å². The maximum Gasteiger partial charge on any atom is 0.229 e. The van der Waals surface area contributed by atoms with Gasteiger partial charge in [-0.05, 0) is 42.5 Å². The molecule has 2 fully saturated rings. The zero-order valence-corrected chi connectivity index (χ0v) is 17.7. The van der Waals surface area contributed by atoms with E-state index in [0.717, 1.165) is 11.3 Å². The summed E-state index contributed by atoms with van der Waals surface area (Å²) in [6, 6.07) is 11.3. The Morgan fingerprint density at radius 2 is 1.90 bits per heavy atom. The highest BCUT2D eigenvalue weighted by molar-refractivity contribution is 7.99. The summed E-state index contributed by atoms with van der Waals surface area (Å²) in [5.74, 6) is 1.24. The highest BCUT2D eigenvalue weighted by Crippen LogP contribution is 2.44. The quantitative estimate of drug-likeness (QED) is 0.727. The number of carbonyl (C=O) groups is 2. The molecule has 8 heteroatoms. The Morgan fingerprint density at radius 1 is 1.13 bits per heavy atom. The Balaban J connectivity index is 1.54. The van der Waals surface area contributed by atoms with Crippen molar-refractivity contribution in [2.24, 2.45) is 5.92 Å². The van der Waals surface area contributed by atoms with Gasteiger partial charge in [0.05, 0.1) is 20.1 Å². The molecule has 0 N–H and O–H groups in total. The van der Waals surface area contributed by atoms with Gasteiger partial charge in [0, 0.05) is 36.5 Å². The topological polar surface area (TPSA) is 59.1 Å². The number of amides is 2. The first-order chi connectivity index (χ1) is 14.5. The van der Waals surface area contributed by atoms with Crippen LogP contribution in [0.5, 0.6) is 11.5 Å². The van der Waals surface area contributed by atoms with Crippen molar-refractivity contribution in [3.05, 3.63) is 53.8 Å². The standard InChI is InChI=1S/C22H23FN2O4S/c1-28-17-7-8-19(29-2)18(12-17)22-24(9-10-30-22)21(27)14-11-20(26)25(13-14)16-5-3-15(23)4-6-16/h3-8,12,14,22H,9-11,13H2,1-2H3. The first-order valence-corrected chi connectivity index (χ1v) is 10.8. The first-order valence-electron chi connectivity index (χ1n) is 9.71. The number of methoxy groups -OCH3 is 2. The second-order valence-corrected chi connectivity index (χ2v) is 8.43. The van der Waals surface area contributed by atoms with Gasteiger partial charge in [0.15, 0.2) is 0 Å². The summed E-state index contributed by atoms with van der Waals surface area (Å²) in [6.07, 6.45) is 0.152. The molecule has 158 valence electrons. The van der Waals surface area contributed by atoms with Gasteiger partial charge in [0.1, 0.15) is 22.7 Å². The normalized spacial score (nSPS) is 21.2. The molecule has 0 aliphatic carbocycles. The summed E-state index contributed by atoms with van der Waals surface area (Å²) in [7, 11) is 3.21. The van der Waals surface area contributed by atoms with Crippen LogP contribution in [0.2, 0.25) is 0 Å². The lowest BCUT2D eigenvalue weighted by atomic mass is 10.1. The summed E-state index contributed by atoms with van der Waals surface area (Å²) in [6.45, 7) is 0.905. The molecule has 2 atom stereocenters. The van der Waals surface area contributed by atoms with Crippen LogP contribution in [-0.2, 0) is 9.59 Å². The fourth-order valence-corrected chi connectivity index (χ4v) is 5.24. The fourth-order valence-electron chi connectivity index (χ4n) is 3.96. The van der Waals surface area contributed by atoms with E-state index in [4.69, 9.17) is 9.47 Å². The minimum atomic E-state index is -0.430. The molecule has 2 amide bonds. The van der Waals surface area contributed by atoms with E-state index in [1.165, 1.54) is 12.1 Å². The summed E-state index contributed by atoms with van der Waals surface area (Å²) < 4.78 is 24.1. The van der Waals surface area contributed by atoms with Crippen LogP contribution < -0.4 is 14.4 Å². The van der Waals surface area contributed by atoms with Crippen molar-refractivity contribution in [2.45, 2.75) is 11.8 Å². The fraction of sp³-hybridized carbons (Fsp3) is 0.364. The smallest absolute Gasteiger partial charge is 0.229 e. The van der Waals surface area contributed by atoms with E-state index < -0.39 is 5.92 Å². The zero-order chi connectivity index (χ0) is 21.3. The third kappa shape index (κ3) is 3.84. The van der Waals surface area contributed by atoms with Gasteiger partial charge in [0.25, 0.3) is 0 Å². The van der Waals surface area contributed by atoms with Crippen LogP contribution in [0.3, 0.4) is 0 Å². The number of thioether (sulfide) groups is 1. The van der Waals surface area contributed by atoms with Gasteiger partial charge in [-0.3, -0.25) is 9.59 Å². The van der Waals surface area contributed by atoms with Gasteiger partial charge >= 0.3 is 0 Å². The number of carbonyl (C=O) groups excluding carboxylic acids is 2. The van der Waals surface area contributed by atoms with Crippen molar-refractivity contribution in [1.82, 2.24) is 4.90 Å². The maximum absolute atomic E-state index is 13.4. The lowest BCUT2D eigenvalue weighted by Crippen LogP contribution is -2.37. The number of anilines is 1. The summed E-state index contributed by atoms with van der Waals surface area (Å²) in [4.78, 5) is 29.3. The van der Waals surface area contributed by atoms with E-state index in [1.807, 2.05) is 23.1 Å². The van der Waals surface area contributed by atoms with E-state index in [9.17, 15) is 14.0 Å². The van der Waals surface area contributed by atoms with Gasteiger partial charge in [0.2, 0.25) is 11.8 Å². The first kappa shape index (κ1) is 20.5. The molecule has 0 radical (unpaired) electrons. The lowest BCUT2D eigenvalue weighted by Gasteiger charge is -2.28. The molecule has 2 aliphatic heterocycles. The molecule has 0 aromatic heterocycles. The Kier molecular flexibility index (Phi) is 5.85. The zero-order valence-electron chi connectivity index (χ0n) is 16.8. The van der Waals surface area contributed by atoms with E-state index >= 15 is 0 Å². The minimum Gasteiger partial charge on any atom is -0.497 e. The molecule has 4 rings (SSSR count). The molecular formula is C22H23FN2O4S. The summed E-state index contributed by atoms with van der Waals surface area (Å²) >= 11 is 1.67. The van der Waals surface area contributed by atoms with Crippen molar-refractivity contribution in [1.29, 1.82) is 0 Å². The van der Waals surface area contributed by atoms with E-state index in [0.29, 0.717) is 30.3 Å². The average molecular weight is 431 g/mol. The van der Waals surface area contributed by atoms with Crippen LogP contribution in [0.15, 0.2) is 42.5 Å². The Bertz CT molecular complexity index is 953. The third-order valence-electron chi connectivity index (χ3n) is 5.49. The van der Waals surface area contributed by atoms with Crippen molar-refractivity contribution in [3.63, 3.8) is 0 Å². The highest BCUT2D eigenvalue weighted by atomic mass is 32.2. The minimum absolute atomic E-state index is 0.0483.